The fraction of sp³-hybridized carbons (Fsp3) is 0.286. The lowest BCUT2D eigenvalue weighted by Crippen LogP contribution is -2.17. The van der Waals surface area contributed by atoms with Gasteiger partial charge in [-0.25, -0.2) is 9.97 Å². The first-order chi connectivity index (χ1) is 19.3. The Morgan fingerprint density at radius 1 is 0.725 bits per heavy atom. The normalized spacial score (nSPS) is 11.2. The van der Waals surface area contributed by atoms with Crippen LogP contribution in [-0.2, 0) is 13.1 Å². The molecular formula is C28H32N6O4S2. The van der Waals surface area contributed by atoms with Gasteiger partial charge in [-0.2, -0.15) is 0 Å². The summed E-state index contributed by atoms with van der Waals surface area (Å²) >= 11 is 2.49. The molecule has 210 valence electrons. The highest BCUT2D eigenvalue weighted by molar-refractivity contribution is 7.14. The standard InChI is InChI=1S/C28H32N6O4S2/c1-15-17(5-3-7-19(15)23-21(13-31-9-11-35)39-27(33-23)25(29)37)18-6-4-8-20(16(18)2)24-22(14-32-10-12-36)40-28(34-24)26(30)38/h3-8,31-32,35-36H,9-14H2,1-2H3,(H2,29,37)(H2,30,38). The average Bonchev–Trinajstić information content (AvgIpc) is 3.55. The number of hydrogen-bond donors (Lipinski definition) is 6. The first-order valence-corrected chi connectivity index (χ1v) is 14.3. The maximum Gasteiger partial charge on any atom is 0.277 e. The van der Waals surface area contributed by atoms with E-state index in [1.807, 2.05) is 50.2 Å². The predicted molar refractivity (Wildman–Crippen MR) is 158 cm³/mol. The molecule has 0 spiro atoms. The summed E-state index contributed by atoms with van der Waals surface area (Å²) in [6, 6.07) is 11.9. The van der Waals surface area contributed by atoms with Crippen molar-refractivity contribution in [3.63, 3.8) is 0 Å². The molecule has 2 aromatic carbocycles. The minimum atomic E-state index is -0.583. The predicted octanol–water partition coefficient (Wildman–Crippen LogP) is 2.58. The molecule has 0 bridgehead atoms. The Labute approximate surface area is 240 Å². The van der Waals surface area contributed by atoms with Gasteiger partial charge in [0.2, 0.25) is 0 Å². The zero-order chi connectivity index (χ0) is 28.8. The molecular weight excluding hydrogens is 548 g/mol. The van der Waals surface area contributed by atoms with Gasteiger partial charge in [0, 0.05) is 47.1 Å². The summed E-state index contributed by atoms with van der Waals surface area (Å²) in [6.45, 7) is 5.75. The average molecular weight is 581 g/mol. The van der Waals surface area contributed by atoms with E-state index in [0.717, 1.165) is 43.1 Å². The molecule has 2 heterocycles. The van der Waals surface area contributed by atoms with E-state index in [4.69, 9.17) is 11.5 Å². The number of nitrogens with one attached hydrogen (secondary N) is 2. The summed E-state index contributed by atoms with van der Waals surface area (Å²) in [5.41, 5.74) is 18.2. The Kier molecular flexibility index (Phi) is 9.74. The molecule has 4 rings (SSSR count). The van der Waals surface area contributed by atoms with Crippen molar-refractivity contribution in [2.24, 2.45) is 11.5 Å². The number of amides is 2. The molecule has 0 atom stereocenters. The quantitative estimate of drug-likeness (QED) is 0.131. The highest BCUT2D eigenvalue weighted by Crippen LogP contribution is 2.39. The Morgan fingerprint density at radius 2 is 1.10 bits per heavy atom. The van der Waals surface area contributed by atoms with Crippen molar-refractivity contribution < 1.29 is 19.8 Å². The van der Waals surface area contributed by atoms with Gasteiger partial charge in [0.1, 0.15) is 0 Å². The maximum atomic E-state index is 11.9. The van der Waals surface area contributed by atoms with E-state index in [-0.39, 0.29) is 23.2 Å². The van der Waals surface area contributed by atoms with E-state index in [9.17, 15) is 19.8 Å². The second-order valence-electron chi connectivity index (χ2n) is 9.07. The summed E-state index contributed by atoms with van der Waals surface area (Å²) < 4.78 is 0. The minimum absolute atomic E-state index is 0.0000759. The number of aliphatic hydroxyl groups is 2. The van der Waals surface area contributed by atoms with Gasteiger partial charge in [0.05, 0.1) is 24.6 Å². The SMILES string of the molecule is Cc1c(-c2cccc(-c3nc(C(N)=O)sc3CNCCO)c2C)cccc1-c1nc(C(N)=O)sc1CNCCO. The summed E-state index contributed by atoms with van der Waals surface area (Å²) in [4.78, 5) is 34.7. The lowest BCUT2D eigenvalue weighted by molar-refractivity contribution is 0.0991. The van der Waals surface area contributed by atoms with Gasteiger partial charge in [0.25, 0.3) is 11.8 Å². The molecule has 0 unspecified atom stereocenters. The second-order valence-corrected chi connectivity index (χ2v) is 11.2. The lowest BCUT2D eigenvalue weighted by atomic mass is 9.89. The van der Waals surface area contributed by atoms with Crippen molar-refractivity contribution >= 4 is 34.5 Å². The van der Waals surface area contributed by atoms with Crippen LogP contribution in [-0.4, -0.2) is 58.3 Å². The van der Waals surface area contributed by atoms with Crippen LogP contribution >= 0.6 is 22.7 Å². The van der Waals surface area contributed by atoms with Gasteiger partial charge in [-0.1, -0.05) is 36.4 Å². The molecule has 0 fully saturated rings. The van der Waals surface area contributed by atoms with E-state index < -0.39 is 11.8 Å². The molecule has 2 amide bonds. The van der Waals surface area contributed by atoms with Crippen LogP contribution < -0.4 is 22.1 Å². The van der Waals surface area contributed by atoms with Crippen LogP contribution in [0.2, 0.25) is 0 Å². The Morgan fingerprint density at radius 3 is 1.45 bits per heavy atom. The number of aromatic nitrogens is 2. The third-order valence-electron chi connectivity index (χ3n) is 6.43. The molecule has 12 heteroatoms. The highest BCUT2D eigenvalue weighted by atomic mass is 32.1. The van der Waals surface area contributed by atoms with Crippen molar-refractivity contribution in [1.29, 1.82) is 0 Å². The van der Waals surface area contributed by atoms with E-state index in [0.29, 0.717) is 37.6 Å². The van der Waals surface area contributed by atoms with Gasteiger partial charge < -0.3 is 32.3 Å². The van der Waals surface area contributed by atoms with Crippen LogP contribution in [0.25, 0.3) is 33.6 Å². The summed E-state index contributed by atoms with van der Waals surface area (Å²) in [5.74, 6) is -1.17. The third-order valence-corrected chi connectivity index (χ3v) is 8.57. The van der Waals surface area contributed by atoms with Crippen molar-refractivity contribution in [1.82, 2.24) is 20.6 Å². The molecule has 10 nitrogen and oxygen atoms in total. The van der Waals surface area contributed by atoms with Crippen LogP contribution in [0.3, 0.4) is 0 Å². The highest BCUT2D eigenvalue weighted by Gasteiger charge is 2.22. The summed E-state index contributed by atoms with van der Waals surface area (Å²) in [6.07, 6.45) is 0. The number of carbonyl (C=O) groups excluding carboxylic acids is 2. The molecule has 0 saturated heterocycles. The summed E-state index contributed by atoms with van der Waals surface area (Å²) in [5, 5.41) is 25.1. The first-order valence-electron chi connectivity index (χ1n) is 12.7. The van der Waals surface area contributed by atoms with Gasteiger partial charge in [-0.05, 0) is 36.1 Å². The maximum absolute atomic E-state index is 11.9. The fourth-order valence-electron chi connectivity index (χ4n) is 4.50. The number of carbonyl (C=O) groups is 2. The van der Waals surface area contributed by atoms with Crippen LogP contribution in [0.1, 0.15) is 40.5 Å². The van der Waals surface area contributed by atoms with Gasteiger partial charge >= 0.3 is 0 Å². The van der Waals surface area contributed by atoms with Crippen LogP contribution in [0, 0.1) is 13.8 Å². The number of rotatable bonds is 13. The molecule has 2 aromatic heterocycles. The number of benzene rings is 2. The number of aliphatic hydroxyl groups excluding tert-OH is 2. The Hall–Kier alpha value is -3.52. The van der Waals surface area contributed by atoms with Gasteiger partial charge in [0.15, 0.2) is 10.0 Å². The van der Waals surface area contributed by atoms with Gasteiger partial charge in [-0.15, -0.1) is 22.7 Å². The van der Waals surface area contributed by atoms with Crippen LogP contribution in [0.4, 0.5) is 0 Å². The number of nitrogens with zero attached hydrogens (tertiary/aromatic N) is 2. The number of primary amides is 2. The fourth-order valence-corrected chi connectivity index (χ4v) is 6.30. The minimum Gasteiger partial charge on any atom is -0.395 e. The Balaban J connectivity index is 1.80. The second kappa shape index (κ2) is 13.2. The Bertz CT molecular complexity index is 1420. The topological polar surface area (TPSA) is 176 Å². The monoisotopic (exact) mass is 580 g/mol. The zero-order valence-corrected chi connectivity index (χ0v) is 23.9. The molecule has 0 aliphatic carbocycles. The molecule has 0 aliphatic rings. The molecule has 40 heavy (non-hydrogen) atoms. The smallest absolute Gasteiger partial charge is 0.277 e. The molecule has 8 N–H and O–H groups in total. The number of hydrogen-bond acceptors (Lipinski definition) is 10. The number of thiazole rings is 2. The zero-order valence-electron chi connectivity index (χ0n) is 22.3. The third kappa shape index (κ3) is 6.28. The summed E-state index contributed by atoms with van der Waals surface area (Å²) in [7, 11) is 0. The molecule has 4 aromatic rings. The van der Waals surface area contributed by atoms with Crippen molar-refractivity contribution in [3.05, 3.63) is 67.3 Å². The lowest BCUT2D eigenvalue weighted by Gasteiger charge is -2.16. The number of nitrogens with two attached hydrogens (primary N) is 2. The van der Waals surface area contributed by atoms with Crippen LogP contribution in [0.5, 0.6) is 0 Å². The first kappa shape index (κ1) is 29.5. The van der Waals surface area contributed by atoms with Crippen molar-refractivity contribution in [3.8, 4) is 33.6 Å². The van der Waals surface area contributed by atoms with Crippen molar-refractivity contribution in [2.75, 3.05) is 26.3 Å². The van der Waals surface area contributed by atoms with E-state index >= 15 is 0 Å². The van der Waals surface area contributed by atoms with E-state index in [1.54, 1.807) is 0 Å². The largest absolute Gasteiger partial charge is 0.395 e. The molecule has 0 saturated carbocycles. The van der Waals surface area contributed by atoms with Crippen LogP contribution in [0.15, 0.2) is 36.4 Å². The van der Waals surface area contributed by atoms with E-state index in [2.05, 4.69) is 20.6 Å². The molecule has 0 radical (unpaired) electrons. The van der Waals surface area contributed by atoms with E-state index in [1.165, 1.54) is 22.7 Å². The molecule has 0 aliphatic heterocycles. The van der Waals surface area contributed by atoms with Crippen molar-refractivity contribution in [2.45, 2.75) is 26.9 Å². The van der Waals surface area contributed by atoms with Gasteiger partial charge in [-0.3, -0.25) is 9.59 Å².